The van der Waals surface area contributed by atoms with E-state index in [0.29, 0.717) is 5.75 Å². The van der Waals surface area contributed by atoms with Crippen molar-refractivity contribution in [1.29, 1.82) is 0 Å². The number of esters is 1. The van der Waals surface area contributed by atoms with Gasteiger partial charge in [-0.3, -0.25) is 9.59 Å². The Balaban J connectivity index is 0.00000180. The summed E-state index contributed by atoms with van der Waals surface area (Å²) in [5.74, 6) is -1.11. The largest absolute Gasteiger partial charge is 0.481 e. The summed E-state index contributed by atoms with van der Waals surface area (Å²) in [5.41, 5.74) is 0. The van der Waals surface area contributed by atoms with Crippen molar-refractivity contribution in [3.63, 3.8) is 0 Å². The molecule has 4 nitrogen and oxygen atoms in total. The minimum absolute atomic E-state index is 0. The van der Waals surface area contributed by atoms with E-state index in [1.807, 2.05) is 30.3 Å². The van der Waals surface area contributed by atoms with Crippen LogP contribution in [0.15, 0.2) is 42.5 Å². The van der Waals surface area contributed by atoms with Crippen LogP contribution in [0.3, 0.4) is 0 Å². The molecule has 102 valence electrons. The first-order valence-corrected chi connectivity index (χ1v) is 5.56. The van der Waals surface area contributed by atoms with Gasteiger partial charge in [-0.2, -0.15) is 0 Å². The molecule has 0 saturated carbocycles. The molecule has 0 atom stereocenters. The molecule has 2 rings (SSSR count). The molecule has 0 fully saturated rings. The number of ether oxygens (including phenoxy) is 1. The van der Waals surface area contributed by atoms with Gasteiger partial charge in [0.05, 0.1) is 12.8 Å². The number of carboxylic acids is 1. The number of rotatable bonds is 4. The van der Waals surface area contributed by atoms with Gasteiger partial charge in [0.2, 0.25) is 0 Å². The molecule has 0 aliphatic carbocycles. The van der Waals surface area contributed by atoms with Gasteiger partial charge in [0.1, 0.15) is 5.75 Å². The predicted molar refractivity (Wildman–Crippen MR) is 72.9 cm³/mol. The van der Waals surface area contributed by atoms with E-state index in [1.165, 1.54) is 0 Å². The zero-order chi connectivity index (χ0) is 13.0. The van der Waals surface area contributed by atoms with Crippen molar-refractivity contribution in [2.24, 2.45) is 0 Å². The summed E-state index contributed by atoms with van der Waals surface area (Å²) in [6.45, 7) is 0. The van der Waals surface area contributed by atoms with Gasteiger partial charge in [-0.25, -0.2) is 0 Å². The third-order valence-electron chi connectivity index (χ3n) is 2.50. The number of hydrogen-bond acceptors (Lipinski definition) is 3. The van der Waals surface area contributed by atoms with E-state index < -0.39 is 11.9 Å². The number of hydrogen-bond donors (Lipinski definition) is 1. The second kappa shape index (κ2) is 8.44. The van der Waals surface area contributed by atoms with Crippen LogP contribution in [0.25, 0.3) is 10.8 Å². The van der Waals surface area contributed by atoms with Crippen molar-refractivity contribution in [2.45, 2.75) is 12.8 Å². The van der Waals surface area contributed by atoms with Gasteiger partial charge in [0.25, 0.3) is 0 Å². The fourth-order valence-electron chi connectivity index (χ4n) is 1.62. The van der Waals surface area contributed by atoms with Crippen molar-refractivity contribution in [2.75, 3.05) is 0 Å². The van der Waals surface area contributed by atoms with Gasteiger partial charge in [0.15, 0.2) is 0 Å². The monoisotopic (exact) mass is 323 g/mol. The summed E-state index contributed by atoms with van der Waals surface area (Å²) in [6.07, 6.45) is -0.339. The molecule has 5 heteroatoms. The SMILES string of the molecule is O=C(O)CCC(=O)Oc1ccc2ccccc2c1.[CH3-].[Zn]. The molecule has 0 heterocycles. The van der Waals surface area contributed by atoms with Gasteiger partial charge < -0.3 is 17.3 Å². The molecule has 0 aromatic heterocycles. The van der Waals surface area contributed by atoms with Crippen molar-refractivity contribution in [3.8, 4) is 5.75 Å². The van der Waals surface area contributed by atoms with Gasteiger partial charge in [-0.15, -0.1) is 0 Å². The normalized spacial score (nSPS) is 9.20. The summed E-state index contributed by atoms with van der Waals surface area (Å²) in [4.78, 5) is 21.7. The molecule has 0 aliphatic rings. The second-order valence-corrected chi connectivity index (χ2v) is 3.88. The molecule has 0 saturated heterocycles. The van der Waals surface area contributed by atoms with Gasteiger partial charge >= 0.3 is 11.9 Å². The number of carbonyl (C=O) groups is 2. The molecular formula is C15H15O4Zn-. The van der Waals surface area contributed by atoms with E-state index in [9.17, 15) is 9.59 Å². The van der Waals surface area contributed by atoms with Crippen LogP contribution in [0.5, 0.6) is 5.75 Å². The van der Waals surface area contributed by atoms with Gasteiger partial charge in [-0.05, 0) is 22.9 Å². The van der Waals surface area contributed by atoms with Crippen LogP contribution >= 0.6 is 0 Å². The Morgan fingerprint density at radius 2 is 1.65 bits per heavy atom. The van der Waals surface area contributed by atoms with Crippen LogP contribution in [-0.2, 0) is 29.1 Å². The van der Waals surface area contributed by atoms with Gasteiger partial charge in [0, 0.05) is 19.5 Å². The molecule has 20 heavy (non-hydrogen) atoms. The smallest absolute Gasteiger partial charge is 0.311 e. The van der Waals surface area contributed by atoms with E-state index in [2.05, 4.69) is 0 Å². The minimum Gasteiger partial charge on any atom is -0.481 e. The number of fused-ring (bicyclic) bond motifs is 1. The fraction of sp³-hybridized carbons (Fsp3) is 0.133. The molecular weight excluding hydrogens is 310 g/mol. The zero-order valence-electron chi connectivity index (χ0n) is 11.3. The van der Waals surface area contributed by atoms with Crippen LogP contribution in [0, 0.1) is 7.43 Å². The van der Waals surface area contributed by atoms with Crippen molar-refractivity contribution in [1.82, 2.24) is 0 Å². The Kier molecular flexibility index (Phi) is 7.70. The average molecular weight is 325 g/mol. The number of carboxylic acid groups (broad SMARTS) is 1. The maximum absolute atomic E-state index is 11.4. The van der Waals surface area contributed by atoms with E-state index in [1.54, 1.807) is 12.1 Å². The van der Waals surface area contributed by atoms with Crippen LogP contribution in [0.4, 0.5) is 0 Å². The topological polar surface area (TPSA) is 63.6 Å². The van der Waals surface area contributed by atoms with Crippen LogP contribution in [0.2, 0.25) is 0 Å². The Morgan fingerprint density at radius 3 is 2.30 bits per heavy atom. The first kappa shape index (κ1) is 18.3. The zero-order valence-corrected chi connectivity index (χ0v) is 14.3. The fourth-order valence-corrected chi connectivity index (χ4v) is 1.62. The number of aliphatic carboxylic acids is 1. The number of benzene rings is 2. The Hall–Kier alpha value is -1.74. The molecule has 0 amide bonds. The molecule has 0 radical (unpaired) electrons. The summed E-state index contributed by atoms with van der Waals surface area (Å²) in [6, 6.07) is 13.0. The Morgan fingerprint density at radius 1 is 1.00 bits per heavy atom. The molecule has 0 unspecified atom stereocenters. The van der Waals surface area contributed by atoms with E-state index in [-0.39, 0.29) is 39.7 Å². The third-order valence-corrected chi connectivity index (χ3v) is 2.50. The van der Waals surface area contributed by atoms with E-state index in [4.69, 9.17) is 9.84 Å². The Labute approximate surface area is 130 Å². The van der Waals surface area contributed by atoms with E-state index >= 15 is 0 Å². The van der Waals surface area contributed by atoms with E-state index in [0.717, 1.165) is 10.8 Å². The van der Waals surface area contributed by atoms with Crippen LogP contribution in [0.1, 0.15) is 12.8 Å². The van der Waals surface area contributed by atoms with Crippen LogP contribution in [-0.4, -0.2) is 17.0 Å². The van der Waals surface area contributed by atoms with Crippen molar-refractivity contribution in [3.05, 3.63) is 49.9 Å². The maximum atomic E-state index is 11.4. The first-order chi connectivity index (χ1) is 8.65. The molecule has 2 aromatic rings. The van der Waals surface area contributed by atoms with Gasteiger partial charge in [-0.1, -0.05) is 30.3 Å². The quantitative estimate of drug-likeness (QED) is 0.406. The molecule has 1 N–H and O–H groups in total. The molecule has 0 spiro atoms. The number of carbonyl (C=O) groups excluding carboxylic acids is 1. The standard InChI is InChI=1S/C14H12O4.CH3.Zn/c15-13(16)7-8-14(17)18-12-6-5-10-3-1-2-4-11(10)9-12;;/h1-6,9H,7-8H2,(H,15,16);1H3;/q;-1;. The predicted octanol–water partition coefficient (Wildman–Crippen LogP) is 3.06. The summed E-state index contributed by atoms with van der Waals surface area (Å²) >= 11 is 0. The minimum atomic E-state index is -1.01. The van der Waals surface area contributed by atoms with Crippen molar-refractivity contribution < 1.29 is 38.9 Å². The maximum Gasteiger partial charge on any atom is 0.311 e. The third kappa shape index (κ3) is 5.10. The molecule has 2 aromatic carbocycles. The molecule has 0 bridgehead atoms. The second-order valence-electron chi connectivity index (χ2n) is 3.88. The van der Waals surface area contributed by atoms with Crippen molar-refractivity contribution >= 4 is 22.7 Å². The van der Waals surface area contributed by atoms with Crippen LogP contribution < -0.4 is 4.74 Å². The Bertz CT molecular complexity index is 595. The average Bonchev–Trinajstić information content (AvgIpc) is 2.36. The summed E-state index contributed by atoms with van der Waals surface area (Å²) in [7, 11) is 0. The molecule has 0 aliphatic heterocycles. The first-order valence-electron chi connectivity index (χ1n) is 5.56. The summed E-state index contributed by atoms with van der Waals surface area (Å²) in [5, 5.41) is 10.5. The summed E-state index contributed by atoms with van der Waals surface area (Å²) < 4.78 is 5.07.